The summed E-state index contributed by atoms with van der Waals surface area (Å²) >= 11 is 0. The van der Waals surface area contributed by atoms with Crippen LogP contribution in [0.3, 0.4) is 0 Å². The number of hydrogen-bond donors (Lipinski definition) is 0. The second-order valence-corrected chi connectivity index (χ2v) is 0. The topological polar surface area (TPSA) is 142 Å². The Hall–Kier alpha value is 2.89. The van der Waals surface area contributed by atoms with Crippen molar-refractivity contribution in [3.05, 3.63) is 0 Å². The molecule has 0 heterocycles. The van der Waals surface area contributed by atoms with E-state index in [1.165, 1.54) is 0 Å². The predicted molar refractivity (Wildman–Crippen MR) is 14.9 cm³/mol. The van der Waals surface area contributed by atoms with Gasteiger partial charge in [0.1, 0.15) is 0 Å². The Balaban J connectivity index is 0. The standard InChI is InChI=1S/5O.2Pb.2Rh/q5*-2;2*+2;2*+3. The van der Waals surface area contributed by atoms with Crippen molar-refractivity contribution in [1.82, 2.24) is 0 Å². The second-order valence-electron chi connectivity index (χ2n) is 0. The van der Waals surface area contributed by atoms with Gasteiger partial charge in [-0.15, -0.1) is 0 Å². The first-order chi connectivity index (χ1) is 0. The molecule has 0 bridgehead atoms. The summed E-state index contributed by atoms with van der Waals surface area (Å²) in [4.78, 5) is 0. The largest absolute Gasteiger partial charge is 3.00 e. The molecule has 0 amide bonds. The van der Waals surface area contributed by atoms with Crippen molar-refractivity contribution in [2.24, 2.45) is 0 Å². The summed E-state index contributed by atoms with van der Waals surface area (Å²) in [6, 6.07) is 0. The van der Waals surface area contributed by atoms with Crippen LogP contribution in [0.1, 0.15) is 0 Å². The normalized spacial score (nSPS) is 0. The third kappa shape index (κ3) is 103. The molecule has 4 radical (unpaired) electrons. The van der Waals surface area contributed by atoms with E-state index in [0.717, 1.165) is 0 Å². The van der Waals surface area contributed by atoms with Crippen molar-refractivity contribution in [3.8, 4) is 0 Å². The molecule has 9 heteroatoms. The molecule has 0 fully saturated rings. The van der Waals surface area contributed by atoms with Crippen LogP contribution in [0.2, 0.25) is 0 Å². The Morgan fingerprint density at radius 2 is 0.333 bits per heavy atom. The van der Waals surface area contributed by atoms with Crippen LogP contribution in [0.15, 0.2) is 0 Å². The molecule has 0 aromatic heterocycles. The van der Waals surface area contributed by atoms with Crippen molar-refractivity contribution in [2.75, 3.05) is 0 Å². The first kappa shape index (κ1) is 169. The zero-order chi connectivity index (χ0) is 0. The van der Waals surface area contributed by atoms with E-state index in [4.69, 9.17) is 0 Å². The Morgan fingerprint density at radius 3 is 0.333 bits per heavy atom. The van der Waals surface area contributed by atoms with Crippen molar-refractivity contribution in [2.45, 2.75) is 0 Å². The molecule has 0 aromatic carbocycles. The van der Waals surface area contributed by atoms with Gasteiger partial charge in [0.25, 0.3) is 0 Å². The number of rotatable bonds is 0. The zero-order valence-electron chi connectivity index (χ0n) is 3.71. The van der Waals surface area contributed by atoms with E-state index in [1.54, 1.807) is 0 Å². The molecular weight excluding hydrogens is 700 g/mol. The van der Waals surface area contributed by atoms with Crippen LogP contribution in [0.5, 0.6) is 0 Å². The van der Waals surface area contributed by atoms with Gasteiger partial charge < -0.3 is 27.4 Å². The van der Waals surface area contributed by atoms with E-state index >= 15 is 0 Å². The van der Waals surface area contributed by atoms with Gasteiger partial charge >= 0.3 is 93.6 Å². The Bertz CT molecular complexity index is 12.9. The Kier molecular flexibility index (Phi) is 2390. The monoisotopic (exact) mass is 702 g/mol. The van der Waals surface area contributed by atoms with Gasteiger partial charge in [0.15, 0.2) is 0 Å². The van der Waals surface area contributed by atoms with Crippen LogP contribution in [-0.4, -0.2) is 54.6 Å². The van der Waals surface area contributed by atoms with Crippen molar-refractivity contribution >= 4 is 54.6 Å². The summed E-state index contributed by atoms with van der Waals surface area (Å²) in [5, 5.41) is 0. The van der Waals surface area contributed by atoms with Crippen molar-refractivity contribution < 1.29 is 66.3 Å². The Labute approximate surface area is 119 Å². The molecule has 0 aromatic rings. The second kappa shape index (κ2) is 127. The van der Waals surface area contributed by atoms with E-state index in [2.05, 4.69) is 0 Å². The SMILES string of the molecule is [O-2].[O-2].[O-2].[O-2].[O-2].[Pb+2].[Pb+2].[Rh+3].[Rh+3]. The molecule has 0 rings (SSSR count). The fourth-order valence-corrected chi connectivity index (χ4v) is 0. The van der Waals surface area contributed by atoms with Gasteiger partial charge in [-0.05, 0) is 0 Å². The van der Waals surface area contributed by atoms with Crippen LogP contribution < -0.4 is 0 Å². The summed E-state index contributed by atoms with van der Waals surface area (Å²) in [7, 11) is 0. The van der Waals surface area contributed by atoms with E-state index in [-0.39, 0.29) is 121 Å². The predicted octanol–water partition coefficient (Wildman–Crippen LogP) is -1.36. The molecule has 0 unspecified atom stereocenters. The van der Waals surface area contributed by atoms with Gasteiger partial charge in [0.05, 0.1) is 0 Å². The molecular formula is O5Pb2Rh2. The summed E-state index contributed by atoms with van der Waals surface area (Å²) in [6.07, 6.45) is 0. The third-order valence-electron chi connectivity index (χ3n) is 0. The molecule has 56 valence electrons. The van der Waals surface area contributed by atoms with Crippen LogP contribution in [-0.2, 0) is 66.3 Å². The smallest absolute Gasteiger partial charge is 2.00 e. The van der Waals surface area contributed by atoms with Gasteiger partial charge in [-0.1, -0.05) is 0 Å². The maximum absolute atomic E-state index is 0. The quantitative estimate of drug-likeness (QED) is 0.276. The van der Waals surface area contributed by atoms with Gasteiger partial charge in [-0.2, -0.15) is 0 Å². The first-order valence-corrected chi connectivity index (χ1v) is 0. The molecule has 0 N–H and O–H groups in total. The average molecular weight is 700 g/mol. The fraction of sp³-hybridized carbons (Fsp3) is 0. The summed E-state index contributed by atoms with van der Waals surface area (Å²) in [6.45, 7) is 0. The van der Waals surface area contributed by atoms with E-state index in [0.29, 0.717) is 0 Å². The summed E-state index contributed by atoms with van der Waals surface area (Å²) in [5.41, 5.74) is 0. The van der Waals surface area contributed by atoms with E-state index in [1.807, 2.05) is 0 Å². The molecule has 0 aliphatic rings. The Morgan fingerprint density at radius 1 is 0.333 bits per heavy atom. The zero-order valence-corrected chi connectivity index (χ0v) is 14.8. The van der Waals surface area contributed by atoms with Crippen LogP contribution in [0.25, 0.3) is 0 Å². The van der Waals surface area contributed by atoms with Gasteiger partial charge in [0.2, 0.25) is 0 Å². The maximum Gasteiger partial charge on any atom is 3.00 e. The first-order valence-electron chi connectivity index (χ1n) is 0. The van der Waals surface area contributed by atoms with Crippen molar-refractivity contribution in [1.29, 1.82) is 0 Å². The molecule has 0 aliphatic heterocycles. The molecule has 5 nitrogen and oxygen atoms in total. The minimum absolute atomic E-state index is 0. The van der Waals surface area contributed by atoms with Crippen LogP contribution >= 0.6 is 0 Å². The molecule has 0 saturated carbocycles. The molecule has 9 heavy (non-hydrogen) atoms. The fourth-order valence-electron chi connectivity index (χ4n) is 0. The third-order valence-corrected chi connectivity index (χ3v) is 0. The van der Waals surface area contributed by atoms with E-state index in [9.17, 15) is 0 Å². The molecule has 0 aliphatic carbocycles. The van der Waals surface area contributed by atoms with Gasteiger partial charge in [-0.25, -0.2) is 0 Å². The number of hydrogen-bond acceptors (Lipinski definition) is 0. The molecule has 0 atom stereocenters. The molecule has 0 saturated heterocycles. The van der Waals surface area contributed by atoms with Crippen LogP contribution in [0.4, 0.5) is 0 Å². The maximum atomic E-state index is 0. The summed E-state index contributed by atoms with van der Waals surface area (Å²) < 4.78 is 0. The van der Waals surface area contributed by atoms with Gasteiger partial charge in [0, 0.05) is 0 Å². The van der Waals surface area contributed by atoms with Crippen molar-refractivity contribution in [3.63, 3.8) is 0 Å². The van der Waals surface area contributed by atoms with Gasteiger partial charge in [-0.3, -0.25) is 0 Å². The molecule has 0 spiro atoms. The van der Waals surface area contributed by atoms with E-state index < -0.39 is 0 Å². The average Bonchev–Trinajstić information content (AvgIpc) is 0. The summed E-state index contributed by atoms with van der Waals surface area (Å²) in [5.74, 6) is 0. The minimum atomic E-state index is 0. The van der Waals surface area contributed by atoms with Crippen LogP contribution in [0, 0.1) is 0 Å². The minimum Gasteiger partial charge on any atom is -2.00 e.